The number of pyridine rings is 1. The van der Waals surface area contributed by atoms with Crippen LogP contribution < -0.4 is 15.4 Å². The Bertz CT molecular complexity index is 310. The van der Waals surface area contributed by atoms with Crippen molar-refractivity contribution in [3.8, 4) is 5.75 Å². The Hall–Kier alpha value is -1.29. The van der Waals surface area contributed by atoms with Gasteiger partial charge in [0.05, 0.1) is 7.11 Å². The number of nitrogens with zero attached hydrogens (tertiary/aromatic N) is 1. The first-order valence-corrected chi connectivity index (χ1v) is 5.36. The van der Waals surface area contributed by atoms with Crippen LogP contribution in [-0.4, -0.2) is 31.2 Å². The lowest BCUT2D eigenvalue weighted by Gasteiger charge is -2.13. The lowest BCUT2D eigenvalue weighted by atomic mass is 10.2. The normalized spacial score (nSPS) is 20.2. The fraction of sp³-hybridized carbons (Fsp3) is 0.545. The van der Waals surface area contributed by atoms with Crippen molar-refractivity contribution < 1.29 is 4.74 Å². The molecule has 1 atom stereocenters. The Labute approximate surface area is 90.0 Å². The highest BCUT2D eigenvalue weighted by Crippen LogP contribution is 2.20. The average Bonchev–Trinajstić information content (AvgIpc) is 2.79. The van der Waals surface area contributed by atoms with Crippen LogP contribution in [-0.2, 0) is 0 Å². The van der Waals surface area contributed by atoms with Crippen molar-refractivity contribution >= 4 is 5.82 Å². The Morgan fingerprint density at radius 3 is 3.33 bits per heavy atom. The number of ether oxygens (including phenoxy) is 1. The number of rotatable bonds is 4. The van der Waals surface area contributed by atoms with Gasteiger partial charge < -0.3 is 15.4 Å². The molecule has 1 aromatic rings. The molecule has 1 saturated heterocycles. The van der Waals surface area contributed by atoms with Crippen molar-refractivity contribution in [1.29, 1.82) is 0 Å². The highest BCUT2D eigenvalue weighted by molar-refractivity contribution is 5.49. The molecule has 4 nitrogen and oxygen atoms in total. The molecule has 1 unspecified atom stereocenters. The number of nitrogens with one attached hydrogen (secondary N) is 2. The van der Waals surface area contributed by atoms with Crippen LogP contribution in [0, 0.1) is 0 Å². The van der Waals surface area contributed by atoms with Crippen LogP contribution in [0.2, 0.25) is 0 Å². The van der Waals surface area contributed by atoms with Crippen LogP contribution in [0.1, 0.15) is 12.8 Å². The van der Waals surface area contributed by atoms with Crippen LogP contribution >= 0.6 is 0 Å². The third-order valence-electron chi connectivity index (χ3n) is 2.67. The molecule has 0 aromatic carbocycles. The van der Waals surface area contributed by atoms with Crippen molar-refractivity contribution in [1.82, 2.24) is 10.3 Å². The van der Waals surface area contributed by atoms with Gasteiger partial charge >= 0.3 is 0 Å². The predicted octanol–water partition coefficient (Wildman–Crippen LogP) is 1.25. The smallest absolute Gasteiger partial charge is 0.168 e. The summed E-state index contributed by atoms with van der Waals surface area (Å²) in [5.74, 6) is 1.63. The van der Waals surface area contributed by atoms with Gasteiger partial charge in [0.15, 0.2) is 11.6 Å². The van der Waals surface area contributed by atoms with Gasteiger partial charge in [-0.05, 0) is 31.5 Å². The largest absolute Gasteiger partial charge is 0.493 e. The highest BCUT2D eigenvalue weighted by atomic mass is 16.5. The number of methoxy groups -OCH3 is 1. The fourth-order valence-corrected chi connectivity index (χ4v) is 1.84. The van der Waals surface area contributed by atoms with Crippen molar-refractivity contribution in [2.45, 2.75) is 18.9 Å². The molecule has 0 amide bonds. The van der Waals surface area contributed by atoms with Gasteiger partial charge in [-0.25, -0.2) is 4.98 Å². The van der Waals surface area contributed by atoms with Crippen molar-refractivity contribution in [2.24, 2.45) is 0 Å². The Morgan fingerprint density at radius 1 is 1.67 bits per heavy atom. The van der Waals surface area contributed by atoms with Crippen LogP contribution in [0.4, 0.5) is 5.82 Å². The third kappa shape index (κ3) is 2.59. The van der Waals surface area contributed by atoms with E-state index in [0.717, 1.165) is 24.7 Å². The number of aromatic nitrogens is 1. The summed E-state index contributed by atoms with van der Waals surface area (Å²) >= 11 is 0. The molecular formula is C11H17N3O. The van der Waals surface area contributed by atoms with E-state index < -0.39 is 0 Å². The van der Waals surface area contributed by atoms with E-state index in [2.05, 4.69) is 15.6 Å². The number of hydrogen-bond donors (Lipinski definition) is 2. The summed E-state index contributed by atoms with van der Waals surface area (Å²) < 4.78 is 5.22. The Balaban J connectivity index is 1.91. The zero-order chi connectivity index (χ0) is 10.5. The molecule has 0 aliphatic carbocycles. The molecule has 0 spiro atoms. The fourth-order valence-electron chi connectivity index (χ4n) is 1.84. The standard InChI is InChI=1S/C11H17N3O/c1-15-10-5-3-7-13-11(10)14-8-9-4-2-6-12-9/h3,5,7,9,12H,2,4,6,8H2,1H3,(H,13,14). The molecule has 1 aliphatic heterocycles. The molecule has 1 aliphatic rings. The molecular weight excluding hydrogens is 190 g/mol. The molecule has 0 radical (unpaired) electrons. The van der Waals surface area contributed by atoms with E-state index in [1.54, 1.807) is 13.3 Å². The summed E-state index contributed by atoms with van der Waals surface area (Å²) in [6.07, 6.45) is 4.28. The zero-order valence-corrected chi connectivity index (χ0v) is 8.99. The molecule has 2 N–H and O–H groups in total. The molecule has 1 fully saturated rings. The van der Waals surface area contributed by atoms with Crippen molar-refractivity contribution in [3.05, 3.63) is 18.3 Å². The molecule has 2 rings (SSSR count). The molecule has 2 heterocycles. The molecule has 4 heteroatoms. The zero-order valence-electron chi connectivity index (χ0n) is 8.99. The van der Waals surface area contributed by atoms with Gasteiger partial charge in [-0.3, -0.25) is 0 Å². The number of anilines is 1. The third-order valence-corrected chi connectivity index (χ3v) is 2.67. The molecule has 82 valence electrons. The van der Waals surface area contributed by atoms with Gasteiger partial charge in [0, 0.05) is 18.8 Å². The maximum atomic E-state index is 5.22. The molecule has 0 bridgehead atoms. The van der Waals surface area contributed by atoms with Gasteiger partial charge in [0.1, 0.15) is 0 Å². The first-order valence-electron chi connectivity index (χ1n) is 5.36. The van der Waals surface area contributed by atoms with Crippen LogP contribution in [0.15, 0.2) is 18.3 Å². The summed E-state index contributed by atoms with van der Waals surface area (Å²) in [6.45, 7) is 2.04. The minimum atomic E-state index is 0.566. The van der Waals surface area contributed by atoms with E-state index in [0.29, 0.717) is 6.04 Å². The van der Waals surface area contributed by atoms with E-state index in [1.165, 1.54) is 12.8 Å². The van der Waals surface area contributed by atoms with E-state index in [1.807, 2.05) is 12.1 Å². The van der Waals surface area contributed by atoms with E-state index in [-0.39, 0.29) is 0 Å². The van der Waals surface area contributed by atoms with Gasteiger partial charge in [-0.1, -0.05) is 0 Å². The van der Waals surface area contributed by atoms with Crippen LogP contribution in [0.5, 0.6) is 5.75 Å². The molecule has 15 heavy (non-hydrogen) atoms. The van der Waals surface area contributed by atoms with E-state index >= 15 is 0 Å². The minimum Gasteiger partial charge on any atom is -0.493 e. The summed E-state index contributed by atoms with van der Waals surface area (Å²) in [5.41, 5.74) is 0. The Kier molecular flexibility index (Phi) is 3.40. The highest BCUT2D eigenvalue weighted by Gasteiger charge is 2.14. The SMILES string of the molecule is COc1cccnc1NCC1CCCN1. The van der Waals surface area contributed by atoms with Crippen molar-refractivity contribution in [2.75, 3.05) is 25.5 Å². The van der Waals surface area contributed by atoms with Crippen LogP contribution in [0.25, 0.3) is 0 Å². The topological polar surface area (TPSA) is 46.2 Å². The van der Waals surface area contributed by atoms with Crippen LogP contribution in [0.3, 0.4) is 0 Å². The minimum absolute atomic E-state index is 0.566. The second-order valence-electron chi connectivity index (χ2n) is 3.73. The lowest BCUT2D eigenvalue weighted by molar-refractivity contribution is 0.414. The van der Waals surface area contributed by atoms with E-state index in [4.69, 9.17) is 4.74 Å². The Morgan fingerprint density at radius 2 is 2.60 bits per heavy atom. The first-order chi connectivity index (χ1) is 7.40. The monoisotopic (exact) mass is 207 g/mol. The summed E-state index contributed by atoms with van der Waals surface area (Å²) in [4.78, 5) is 4.25. The number of hydrogen-bond acceptors (Lipinski definition) is 4. The second kappa shape index (κ2) is 4.98. The van der Waals surface area contributed by atoms with E-state index in [9.17, 15) is 0 Å². The second-order valence-corrected chi connectivity index (χ2v) is 3.73. The summed E-state index contributed by atoms with van der Waals surface area (Å²) in [7, 11) is 1.66. The summed E-state index contributed by atoms with van der Waals surface area (Å²) in [5, 5.41) is 6.74. The first kappa shape index (κ1) is 10.2. The van der Waals surface area contributed by atoms with Gasteiger partial charge in [0.2, 0.25) is 0 Å². The average molecular weight is 207 g/mol. The van der Waals surface area contributed by atoms with Gasteiger partial charge in [0.25, 0.3) is 0 Å². The lowest BCUT2D eigenvalue weighted by Crippen LogP contribution is -2.29. The van der Waals surface area contributed by atoms with Crippen molar-refractivity contribution in [3.63, 3.8) is 0 Å². The van der Waals surface area contributed by atoms with Gasteiger partial charge in [-0.15, -0.1) is 0 Å². The molecule has 0 saturated carbocycles. The molecule has 1 aromatic heterocycles. The summed E-state index contributed by atoms with van der Waals surface area (Å²) in [6, 6.07) is 4.35. The maximum Gasteiger partial charge on any atom is 0.168 e. The predicted molar refractivity (Wildman–Crippen MR) is 60.3 cm³/mol. The maximum absolute atomic E-state index is 5.22. The quantitative estimate of drug-likeness (QED) is 0.780. The van der Waals surface area contributed by atoms with Gasteiger partial charge in [-0.2, -0.15) is 0 Å².